The quantitative estimate of drug-likeness (QED) is 0.653. The van der Waals surface area contributed by atoms with E-state index in [1.807, 2.05) is 36.4 Å². The molecule has 1 aliphatic rings. The summed E-state index contributed by atoms with van der Waals surface area (Å²) in [5, 5.41) is 4.30. The first-order chi connectivity index (χ1) is 13.7. The van der Waals surface area contributed by atoms with Crippen molar-refractivity contribution in [2.45, 2.75) is 12.6 Å². The zero-order valence-electron chi connectivity index (χ0n) is 15.3. The molecule has 3 aromatic rings. The highest BCUT2D eigenvalue weighted by Crippen LogP contribution is 2.34. The van der Waals surface area contributed by atoms with Crippen LogP contribution < -0.4 is 9.64 Å². The van der Waals surface area contributed by atoms with Gasteiger partial charge in [0.15, 0.2) is 0 Å². The normalized spacial score (nSPS) is 15.5. The Labute approximate surface area is 162 Å². The molecule has 1 unspecified atom stereocenters. The SMILES string of the molecule is COC(=O)C1CN(C(=O)c2cnn(Cc3ccccc3)c2)c2ccccc2O1. The first-order valence-electron chi connectivity index (χ1n) is 8.87. The van der Waals surface area contributed by atoms with Crippen molar-refractivity contribution in [3.63, 3.8) is 0 Å². The number of hydrogen-bond donors (Lipinski definition) is 0. The van der Waals surface area contributed by atoms with Crippen LogP contribution in [0.1, 0.15) is 15.9 Å². The minimum atomic E-state index is -0.872. The van der Waals surface area contributed by atoms with Gasteiger partial charge in [-0.15, -0.1) is 0 Å². The van der Waals surface area contributed by atoms with Crippen molar-refractivity contribution in [2.75, 3.05) is 18.6 Å². The van der Waals surface area contributed by atoms with Crippen molar-refractivity contribution < 1.29 is 19.1 Å². The average Bonchev–Trinajstić information content (AvgIpc) is 3.21. The summed E-state index contributed by atoms with van der Waals surface area (Å²) >= 11 is 0. The topological polar surface area (TPSA) is 73.7 Å². The maximum absolute atomic E-state index is 13.1. The van der Waals surface area contributed by atoms with E-state index in [1.54, 1.807) is 29.1 Å². The number of hydrogen-bond acceptors (Lipinski definition) is 5. The van der Waals surface area contributed by atoms with Crippen LogP contribution in [0.15, 0.2) is 67.0 Å². The van der Waals surface area contributed by atoms with Crippen molar-refractivity contribution in [2.24, 2.45) is 0 Å². The number of rotatable bonds is 4. The lowest BCUT2D eigenvalue weighted by atomic mass is 10.1. The van der Waals surface area contributed by atoms with E-state index in [-0.39, 0.29) is 12.5 Å². The van der Waals surface area contributed by atoms with Crippen molar-refractivity contribution in [3.05, 3.63) is 78.1 Å². The zero-order valence-corrected chi connectivity index (χ0v) is 15.3. The van der Waals surface area contributed by atoms with Crippen LogP contribution >= 0.6 is 0 Å². The monoisotopic (exact) mass is 377 g/mol. The molecule has 4 rings (SSSR count). The minimum Gasteiger partial charge on any atom is -0.475 e. The molecule has 1 aromatic heterocycles. The number of anilines is 1. The van der Waals surface area contributed by atoms with Gasteiger partial charge in [-0.05, 0) is 17.7 Å². The number of benzene rings is 2. The van der Waals surface area contributed by atoms with E-state index in [0.717, 1.165) is 5.56 Å². The van der Waals surface area contributed by atoms with Gasteiger partial charge >= 0.3 is 5.97 Å². The Hall–Kier alpha value is -3.61. The van der Waals surface area contributed by atoms with Gasteiger partial charge in [-0.25, -0.2) is 4.79 Å². The minimum absolute atomic E-state index is 0.0758. The third-order valence-corrected chi connectivity index (χ3v) is 4.55. The summed E-state index contributed by atoms with van der Waals surface area (Å²) in [6.07, 6.45) is 2.38. The Balaban J connectivity index is 1.59. The van der Waals surface area contributed by atoms with Gasteiger partial charge in [-0.1, -0.05) is 42.5 Å². The predicted octanol–water partition coefficient (Wildman–Crippen LogP) is 2.51. The molecule has 1 amide bonds. The summed E-state index contributed by atoms with van der Waals surface area (Å²) < 4.78 is 12.2. The number of esters is 1. The number of ether oxygens (including phenoxy) is 2. The summed E-state index contributed by atoms with van der Waals surface area (Å²) in [6, 6.07) is 17.0. The average molecular weight is 377 g/mol. The van der Waals surface area contributed by atoms with Crippen LogP contribution in [0, 0.1) is 0 Å². The molecule has 0 saturated heterocycles. The second-order valence-corrected chi connectivity index (χ2v) is 6.43. The molecule has 28 heavy (non-hydrogen) atoms. The van der Waals surface area contributed by atoms with Gasteiger partial charge in [0, 0.05) is 6.20 Å². The Morgan fingerprint density at radius 2 is 1.89 bits per heavy atom. The summed E-state index contributed by atoms with van der Waals surface area (Å²) in [7, 11) is 1.30. The van der Waals surface area contributed by atoms with Crippen LogP contribution in [0.4, 0.5) is 5.69 Å². The highest BCUT2D eigenvalue weighted by Gasteiger charge is 2.35. The van der Waals surface area contributed by atoms with Crippen molar-refractivity contribution in [1.29, 1.82) is 0 Å². The van der Waals surface area contributed by atoms with Gasteiger partial charge in [-0.2, -0.15) is 5.10 Å². The van der Waals surface area contributed by atoms with Crippen LogP contribution in [-0.2, 0) is 16.1 Å². The Morgan fingerprint density at radius 3 is 2.68 bits per heavy atom. The second kappa shape index (κ2) is 7.56. The number of methoxy groups -OCH3 is 1. The van der Waals surface area contributed by atoms with Gasteiger partial charge in [0.2, 0.25) is 6.10 Å². The predicted molar refractivity (Wildman–Crippen MR) is 102 cm³/mol. The highest BCUT2D eigenvalue weighted by atomic mass is 16.6. The van der Waals surface area contributed by atoms with E-state index in [9.17, 15) is 9.59 Å². The molecule has 7 nitrogen and oxygen atoms in total. The number of amides is 1. The molecule has 0 bridgehead atoms. The Kier molecular flexibility index (Phi) is 4.80. The van der Waals surface area contributed by atoms with Crippen LogP contribution in [0.3, 0.4) is 0 Å². The van der Waals surface area contributed by atoms with Gasteiger partial charge in [-0.3, -0.25) is 9.48 Å². The lowest BCUT2D eigenvalue weighted by Crippen LogP contribution is -2.47. The molecule has 2 aromatic carbocycles. The summed E-state index contributed by atoms with van der Waals surface area (Å²) in [5.41, 5.74) is 2.15. The number of para-hydroxylation sites is 2. The molecule has 0 radical (unpaired) electrons. The number of fused-ring (bicyclic) bond motifs is 1. The summed E-state index contributed by atoms with van der Waals surface area (Å²) in [6.45, 7) is 0.644. The molecule has 0 N–H and O–H groups in total. The fraction of sp³-hybridized carbons (Fsp3) is 0.190. The Morgan fingerprint density at radius 1 is 1.14 bits per heavy atom. The van der Waals surface area contributed by atoms with E-state index in [1.165, 1.54) is 18.2 Å². The number of aromatic nitrogens is 2. The van der Waals surface area contributed by atoms with Crippen molar-refractivity contribution in [3.8, 4) is 5.75 Å². The van der Waals surface area contributed by atoms with Gasteiger partial charge in [0.1, 0.15) is 5.75 Å². The maximum atomic E-state index is 13.1. The lowest BCUT2D eigenvalue weighted by Gasteiger charge is -2.33. The van der Waals surface area contributed by atoms with Gasteiger partial charge in [0.25, 0.3) is 5.91 Å². The summed E-state index contributed by atoms with van der Waals surface area (Å²) in [5.74, 6) is -0.301. The molecule has 7 heteroatoms. The number of carbonyl (C=O) groups is 2. The fourth-order valence-corrected chi connectivity index (χ4v) is 3.17. The van der Waals surface area contributed by atoms with Gasteiger partial charge < -0.3 is 14.4 Å². The van der Waals surface area contributed by atoms with E-state index >= 15 is 0 Å². The van der Waals surface area contributed by atoms with Crippen molar-refractivity contribution in [1.82, 2.24) is 9.78 Å². The van der Waals surface area contributed by atoms with Crippen LogP contribution in [0.25, 0.3) is 0 Å². The molecule has 1 atom stereocenters. The Bertz CT molecular complexity index is 1000. The third-order valence-electron chi connectivity index (χ3n) is 4.55. The van der Waals surface area contributed by atoms with E-state index in [4.69, 9.17) is 9.47 Å². The zero-order chi connectivity index (χ0) is 19.5. The maximum Gasteiger partial charge on any atom is 0.348 e. The van der Waals surface area contributed by atoms with Crippen LogP contribution in [-0.4, -0.2) is 41.4 Å². The molecule has 142 valence electrons. The molecule has 0 aliphatic carbocycles. The van der Waals surface area contributed by atoms with Crippen LogP contribution in [0.5, 0.6) is 5.75 Å². The highest BCUT2D eigenvalue weighted by molar-refractivity contribution is 6.07. The number of carbonyl (C=O) groups excluding carboxylic acids is 2. The molecule has 2 heterocycles. The second-order valence-electron chi connectivity index (χ2n) is 6.43. The number of nitrogens with zero attached hydrogens (tertiary/aromatic N) is 3. The first-order valence-corrected chi connectivity index (χ1v) is 8.87. The molecule has 1 aliphatic heterocycles. The summed E-state index contributed by atoms with van der Waals surface area (Å²) in [4.78, 5) is 26.7. The van der Waals surface area contributed by atoms with Crippen LogP contribution in [0.2, 0.25) is 0 Å². The van der Waals surface area contributed by atoms with Gasteiger partial charge in [0.05, 0.1) is 37.6 Å². The molecular formula is C21H19N3O4. The van der Waals surface area contributed by atoms with E-state index < -0.39 is 12.1 Å². The first kappa shape index (κ1) is 17.8. The standard InChI is InChI=1S/C21H19N3O4/c1-27-21(26)19-14-24(17-9-5-6-10-18(17)28-19)20(25)16-11-22-23(13-16)12-15-7-3-2-4-8-15/h2-11,13,19H,12,14H2,1H3. The van der Waals surface area contributed by atoms with E-state index in [2.05, 4.69) is 5.10 Å². The molecule has 0 fully saturated rings. The largest absolute Gasteiger partial charge is 0.475 e. The molecule has 0 spiro atoms. The van der Waals surface area contributed by atoms with E-state index in [0.29, 0.717) is 23.5 Å². The fourth-order valence-electron chi connectivity index (χ4n) is 3.17. The lowest BCUT2D eigenvalue weighted by molar-refractivity contribution is -0.148. The molecular weight excluding hydrogens is 358 g/mol. The third kappa shape index (κ3) is 3.46. The van der Waals surface area contributed by atoms with Crippen molar-refractivity contribution >= 4 is 17.6 Å². The smallest absolute Gasteiger partial charge is 0.348 e. The molecule has 0 saturated carbocycles.